The molecule has 27 heavy (non-hydrogen) atoms. The highest BCUT2D eigenvalue weighted by Crippen LogP contribution is 2.27. The van der Waals surface area contributed by atoms with Gasteiger partial charge in [-0.15, -0.1) is 0 Å². The van der Waals surface area contributed by atoms with Crippen molar-refractivity contribution in [2.45, 2.75) is 33.2 Å². The zero-order valence-corrected chi connectivity index (χ0v) is 15.4. The van der Waals surface area contributed by atoms with Crippen molar-refractivity contribution in [2.75, 3.05) is 5.32 Å². The van der Waals surface area contributed by atoms with Gasteiger partial charge in [-0.05, 0) is 43.2 Å². The minimum absolute atomic E-state index is 0.228. The molecule has 0 saturated carbocycles. The van der Waals surface area contributed by atoms with Crippen molar-refractivity contribution in [2.24, 2.45) is 0 Å². The van der Waals surface area contributed by atoms with E-state index in [1.807, 2.05) is 16.8 Å². The number of nitrogens with zero attached hydrogens (tertiary/aromatic N) is 4. The molecule has 0 saturated heterocycles. The van der Waals surface area contributed by atoms with E-state index in [0.29, 0.717) is 11.4 Å². The van der Waals surface area contributed by atoms with Crippen molar-refractivity contribution in [3.05, 3.63) is 59.9 Å². The second-order valence-electron chi connectivity index (χ2n) is 6.68. The van der Waals surface area contributed by atoms with Crippen molar-refractivity contribution in [3.63, 3.8) is 0 Å². The maximum atomic E-state index is 12.6. The van der Waals surface area contributed by atoms with Crippen molar-refractivity contribution in [1.29, 1.82) is 0 Å². The topological polar surface area (TPSA) is 72.7 Å². The summed E-state index contributed by atoms with van der Waals surface area (Å²) < 4.78 is 1.89. The smallest absolute Gasteiger partial charge is 0.258 e. The Hall–Kier alpha value is -3.28. The largest absolute Gasteiger partial charge is 0.304 e. The Bertz CT molecular complexity index is 1120. The molecule has 3 aromatic heterocycles. The van der Waals surface area contributed by atoms with Crippen molar-refractivity contribution >= 4 is 33.7 Å². The van der Waals surface area contributed by atoms with Crippen LogP contribution in [-0.2, 0) is 6.54 Å². The van der Waals surface area contributed by atoms with Crippen LogP contribution in [0.2, 0.25) is 0 Å². The molecule has 136 valence electrons. The van der Waals surface area contributed by atoms with Crippen LogP contribution in [0, 0.1) is 6.92 Å². The molecule has 6 nitrogen and oxygen atoms in total. The molecule has 6 heteroatoms. The number of aromatic nitrogens is 4. The number of hydrogen-bond acceptors (Lipinski definition) is 4. The monoisotopic (exact) mass is 359 g/mol. The van der Waals surface area contributed by atoms with Crippen LogP contribution in [0.25, 0.3) is 21.9 Å². The Balaban J connectivity index is 1.81. The zero-order chi connectivity index (χ0) is 18.8. The predicted molar refractivity (Wildman–Crippen MR) is 107 cm³/mol. The summed E-state index contributed by atoms with van der Waals surface area (Å²) in [6, 6.07) is 11.7. The van der Waals surface area contributed by atoms with E-state index in [4.69, 9.17) is 4.98 Å². The summed E-state index contributed by atoms with van der Waals surface area (Å²) >= 11 is 0. The van der Waals surface area contributed by atoms with Crippen LogP contribution in [-0.4, -0.2) is 25.7 Å². The number of nitrogens with one attached hydrogen (secondary N) is 1. The maximum Gasteiger partial charge on any atom is 0.258 e. The lowest BCUT2D eigenvalue weighted by Crippen LogP contribution is -2.13. The number of fused-ring (bicyclic) bond motifs is 2. The Labute approximate surface area is 157 Å². The number of amides is 1. The Morgan fingerprint density at radius 2 is 2.11 bits per heavy atom. The van der Waals surface area contributed by atoms with Gasteiger partial charge in [0, 0.05) is 24.3 Å². The van der Waals surface area contributed by atoms with Gasteiger partial charge in [-0.2, -0.15) is 5.10 Å². The first kappa shape index (κ1) is 17.1. The van der Waals surface area contributed by atoms with Crippen LogP contribution < -0.4 is 5.32 Å². The molecule has 4 aromatic rings. The van der Waals surface area contributed by atoms with Gasteiger partial charge in [0.2, 0.25) is 0 Å². The zero-order valence-electron chi connectivity index (χ0n) is 15.4. The van der Waals surface area contributed by atoms with Crippen LogP contribution >= 0.6 is 0 Å². The van der Waals surface area contributed by atoms with Crippen LogP contribution in [0.4, 0.5) is 5.82 Å². The van der Waals surface area contributed by atoms with Crippen LogP contribution in [0.5, 0.6) is 0 Å². The Morgan fingerprint density at radius 3 is 2.89 bits per heavy atom. The average Bonchev–Trinajstić information content (AvgIpc) is 3.01. The van der Waals surface area contributed by atoms with Crippen LogP contribution in [0.3, 0.4) is 0 Å². The van der Waals surface area contributed by atoms with Crippen LogP contribution in [0.1, 0.15) is 35.7 Å². The normalized spacial score (nSPS) is 11.2. The number of benzene rings is 1. The van der Waals surface area contributed by atoms with Gasteiger partial charge in [-0.25, -0.2) is 9.67 Å². The molecule has 1 aromatic carbocycles. The van der Waals surface area contributed by atoms with E-state index in [0.717, 1.165) is 41.3 Å². The van der Waals surface area contributed by atoms with E-state index in [2.05, 4.69) is 41.4 Å². The van der Waals surface area contributed by atoms with Crippen molar-refractivity contribution in [3.8, 4) is 0 Å². The first-order valence-corrected chi connectivity index (χ1v) is 9.15. The maximum absolute atomic E-state index is 12.6. The first-order valence-electron chi connectivity index (χ1n) is 9.15. The molecule has 0 fully saturated rings. The number of anilines is 1. The SMILES string of the molecule is CCCCn1nc(NC(=O)c2cccnc2)c2cc3ccc(C)cc3nc21. The average molecular weight is 359 g/mol. The van der Waals surface area contributed by atoms with Gasteiger partial charge in [0.1, 0.15) is 0 Å². The van der Waals surface area contributed by atoms with Gasteiger partial charge in [0.05, 0.1) is 16.5 Å². The highest BCUT2D eigenvalue weighted by atomic mass is 16.1. The fourth-order valence-electron chi connectivity index (χ4n) is 3.09. The standard InChI is InChI=1S/C21H21N5O/c1-3-4-10-26-20-17(12-15-8-7-14(2)11-18(15)23-20)19(25-26)24-21(27)16-6-5-9-22-13-16/h5-9,11-13H,3-4,10H2,1-2H3,(H,24,25,27). The second kappa shape index (κ2) is 7.15. The lowest BCUT2D eigenvalue weighted by atomic mass is 10.1. The van der Waals surface area contributed by atoms with E-state index in [1.54, 1.807) is 24.5 Å². The summed E-state index contributed by atoms with van der Waals surface area (Å²) in [7, 11) is 0. The lowest BCUT2D eigenvalue weighted by molar-refractivity contribution is 0.102. The quantitative estimate of drug-likeness (QED) is 0.575. The Morgan fingerprint density at radius 1 is 1.22 bits per heavy atom. The third-order valence-electron chi connectivity index (χ3n) is 4.55. The number of carbonyl (C=O) groups is 1. The Kier molecular flexibility index (Phi) is 4.54. The fraction of sp³-hybridized carbons (Fsp3) is 0.238. The van der Waals surface area contributed by atoms with E-state index in [-0.39, 0.29) is 5.91 Å². The molecule has 0 aliphatic heterocycles. The highest BCUT2D eigenvalue weighted by molar-refractivity contribution is 6.08. The number of unbranched alkanes of at least 4 members (excludes halogenated alkanes) is 1. The number of carbonyl (C=O) groups excluding carboxylic acids is 1. The van der Waals surface area contributed by atoms with Gasteiger partial charge >= 0.3 is 0 Å². The molecule has 0 aliphatic carbocycles. The van der Waals surface area contributed by atoms with Gasteiger partial charge in [0.25, 0.3) is 5.91 Å². The summed E-state index contributed by atoms with van der Waals surface area (Å²) in [5, 5.41) is 9.44. The minimum atomic E-state index is -0.228. The number of pyridine rings is 2. The first-order chi connectivity index (χ1) is 13.2. The molecule has 1 amide bonds. The van der Waals surface area contributed by atoms with Crippen molar-refractivity contribution < 1.29 is 4.79 Å². The third-order valence-corrected chi connectivity index (χ3v) is 4.55. The van der Waals surface area contributed by atoms with Gasteiger partial charge in [0.15, 0.2) is 11.5 Å². The molecule has 0 aliphatic rings. The summed E-state index contributed by atoms with van der Waals surface area (Å²) in [6.45, 7) is 4.96. The van der Waals surface area contributed by atoms with E-state index in [1.165, 1.54) is 5.56 Å². The molecule has 1 N–H and O–H groups in total. The van der Waals surface area contributed by atoms with Crippen LogP contribution in [0.15, 0.2) is 48.8 Å². The molecular weight excluding hydrogens is 338 g/mol. The van der Waals surface area contributed by atoms with Gasteiger partial charge in [-0.3, -0.25) is 9.78 Å². The predicted octanol–water partition coefficient (Wildman–Crippen LogP) is 4.34. The summed E-state index contributed by atoms with van der Waals surface area (Å²) in [6.07, 6.45) is 5.25. The highest BCUT2D eigenvalue weighted by Gasteiger charge is 2.16. The summed E-state index contributed by atoms with van der Waals surface area (Å²) in [5.74, 6) is 0.305. The van der Waals surface area contributed by atoms with Gasteiger partial charge in [-0.1, -0.05) is 25.5 Å². The molecule has 0 bridgehead atoms. The van der Waals surface area contributed by atoms with Crippen molar-refractivity contribution in [1.82, 2.24) is 19.7 Å². The molecule has 4 rings (SSSR count). The van der Waals surface area contributed by atoms with E-state index >= 15 is 0 Å². The minimum Gasteiger partial charge on any atom is -0.304 e. The number of rotatable bonds is 5. The molecule has 0 atom stereocenters. The van der Waals surface area contributed by atoms with E-state index < -0.39 is 0 Å². The summed E-state index contributed by atoms with van der Waals surface area (Å²) in [5.41, 5.74) is 3.39. The van der Waals surface area contributed by atoms with Gasteiger partial charge < -0.3 is 5.32 Å². The fourth-order valence-corrected chi connectivity index (χ4v) is 3.09. The molecule has 0 spiro atoms. The lowest BCUT2D eigenvalue weighted by Gasteiger charge is -2.03. The number of hydrogen-bond donors (Lipinski definition) is 1. The molecular formula is C21H21N5O. The van der Waals surface area contributed by atoms with E-state index in [9.17, 15) is 4.79 Å². The second-order valence-corrected chi connectivity index (χ2v) is 6.68. The molecule has 0 radical (unpaired) electrons. The molecule has 3 heterocycles. The molecule has 0 unspecified atom stereocenters. The third kappa shape index (κ3) is 3.38. The number of aryl methyl sites for hydroxylation is 2. The summed E-state index contributed by atoms with van der Waals surface area (Å²) in [4.78, 5) is 21.4.